The van der Waals surface area contributed by atoms with Crippen molar-refractivity contribution in [1.82, 2.24) is 5.01 Å². The molecule has 0 spiro atoms. The van der Waals surface area contributed by atoms with Gasteiger partial charge in [0, 0.05) is 10.0 Å². The molecule has 2 aromatic carbocycles. The van der Waals surface area contributed by atoms with Crippen LogP contribution in [0, 0.1) is 12.3 Å². The highest BCUT2D eigenvalue weighted by Gasteiger charge is 2.35. The van der Waals surface area contributed by atoms with Gasteiger partial charge in [-0.15, -0.1) is 0 Å². The molecule has 0 bridgehead atoms. The molecule has 2 aliphatic rings. The zero-order chi connectivity index (χ0) is 23.8. The van der Waals surface area contributed by atoms with E-state index in [1.807, 2.05) is 13.8 Å². The zero-order valence-electron chi connectivity index (χ0n) is 17.7. The Hall–Kier alpha value is -2.76. The molecule has 0 saturated heterocycles. The Morgan fingerprint density at radius 1 is 1.21 bits per heavy atom. The summed E-state index contributed by atoms with van der Waals surface area (Å²) in [5.41, 5.74) is 1.20. The van der Waals surface area contributed by atoms with Crippen LogP contribution in [0.5, 0.6) is 5.75 Å². The highest BCUT2D eigenvalue weighted by Crippen LogP contribution is 2.32. The predicted octanol–water partition coefficient (Wildman–Crippen LogP) is 4.94. The molecular formula is C22H19BrN4O4S2. The predicted molar refractivity (Wildman–Crippen MR) is 133 cm³/mol. The SMILES string of the molecule is CCCC1=NN2C(=N)C(=Cc3cc(Br)ccc3OS(=O)(=O)c3ccc(C)cc3)C(=O)N=C2S1. The van der Waals surface area contributed by atoms with Crippen molar-refractivity contribution < 1.29 is 17.4 Å². The summed E-state index contributed by atoms with van der Waals surface area (Å²) in [5.74, 6) is -0.706. The number of thioether (sulfide) groups is 1. The van der Waals surface area contributed by atoms with Crippen molar-refractivity contribution in [3.63, 3.8) is 0 Å². The molecule has 0 aliphatic carbocycles. The Kier molecular flexibility index (Phi) is 6.55. The van der Waals surface area contributed by atoms with Gasteiger partial charge in [-0.25, -0.2) is 0 Å². The van der Waals surface area contributed by atoms with E-state index in [9.17, 15) is 13.2 Å². The fourth-order valence-corrected chi connectivity index (χ4v) is 5.40. The molecular weight excluding hydrogens is 528 g/mol. The van der Waals surface area contributed by atoms with Gasteiger partial charge in [-0.05, 0) is 67.9 Å². The summed E-state index contributed by atoms with van der Waals surface area (Å²) in [6, 6.07) is 11.0. The molecule has 0 unspecified atom stereocenters. The minimum atomic E-state index is -4.11. The third-order valence-electron chi connectivity index (χ3n) is 4.74. The maximum atomic E-state index is 12.8. The zero-order valence-corrected chi connectivity index (χ0v) is 20.9. The van der Waals surface area contributed by atoms with Crippen molar-refractivity contribution in [2.24, 2.45) is 10.1 Å². The van der Waals surface area contributed by atoms with E-state index >= 15 is 0 Å². The lowest BCUT2D eigenvalue weighted by Crippen LogP contribution is -2.35. The average molecular weight is 547 g/mol. The first-order chi connectivity index (χ1) is 15.7. The van der Waals surface area contributed by atoms with E-state index < -0.39 is 16.0 Å². The highest BCUT2D eigenvalue weighted by molar-refractivity contribution is 9.10. The van der Waals surface area contributed by atoms with E-state index in [-0.39, 0.29) is 22.1 Å². The monoisotopic (exact) mass is 546 g/mol. The van der Waals surface area contributed by atoms with Gasteiger partial charge < -0.3 is 4.18 Å². The number of nitrogens with one attached hydrogen (secondary N) is 1. The Labute approximate surface area is 204 Å². The van der Waals surface area contributed by atoms with Crippen LogP contribution in [0.1, 0.15) is 30.9 Å². The summed E-state index contributed by atoms with van der Waals surface area (Å²) in [7, 11) is -4.11. The number of nitrogens with zero attached hydrogens (tertiary/aromatic N) is 3. The van der Waals surface area contributed by atoms with Crippen LogP contribution in [-0.4, -0.2) is 35.4 Å². The van der Waals surface area contributed by atoms with Gasteiger partial charge in [0.05, 0.1) is 5.57 Å². The first-order valence-electron chi connectivity index (χ1n) is 9.98. The van der Waals surface area contributed by atoms with Crippen LogP contribution in [0.15, 0.2) is 67.5 Å². The first-order valence-corrected chi connectivity index (χ1v) is 13.0. The summed E-state index contributed by atoms with van der Waals surface area (Å²) in [5, 5.41) is 15.3. The number of hydrazone groups is 1. The Morgan fingerprint density at radius 2 is 1.94 bits per heavy atom. The quantitative estimate of drug-likeness (QED) is 0.405. The maximum Gasteiger partial charge on any atom is 0.339 e. The minimum absolute atomic E-state index is 0.0113. The fourth-order valence-electron chi connectivity index (χ4n) is 3.08. The van der Waals surface area contributed by atoms with Crippen molar-refractivity contribution in [3.05, 3.63) is 63.6 Å². The lowest BCUT2D eigenvalue weighted by molar-refractivity contribution is -0.114. The normalized spacial score (nSPS) is 17.2. The molecule has 0 atom stereocenters. The van der Waals surface area contributed by atoms with Crippen molar-refractivity contribution in [2.45, 2.75) is 31.6 Å². The van der Waals surface area contributed by atoms with Crippen molar-refractivity contribution in [2.75, 3.05) is 0 Å². The second-order valence-corrected chi connectivity index (χ2v) is 10.8. The number of aryl methyl sites for hydroxylation is 1. The van der Waals surface area contributed by atoms with Crippen LogP contribution in [0.4, 0.5) is 0 Å². The minimum Gasteiger partial charge on any atom is -0.378 e. The van der Waals surface area contributed by atoms with Gasteiger partial charge >= 0.3 is 10.1 Å². The summed E-state index contributed by atoms with van der Waals surface area (Å²) >= 11 is 4.63. The van der Waals surface area contributed by atoms with E-state index in [4.69, 9.17) is 9.59 Å². The van der Waals surface area contributed by atoms with E-state index in [0.717, 1.165) is 23.4 Å². The smallest absolute Gasteiger partial charge is 0.339 e. The van der Waals surface area contributed by atoms with Gasteiger partial charge in [0.25, 0.3) is 5.91 Å². The number of aliphatic imine (C=N–C) groups is 1. The molecule has 1 N–H and O–H groups in total. The van der Waals surface area contributed by atoms with E-state index in [1.54, 1.807) is 24.3 Å². The number of carbonyl (C=O) groups is 1. The lowest BCUT2D eigenvalue weighted by atomic mass is 10.1. The van der Waals surface area contributed by atoms with Gasteiger partial charge in [0.2, 0.25) is 5.17 Å². The van der Waals surface area contributed by atoms with Crippen LogP contribution in [0.3, 0.4) is 0 Å². The molecule has 170 valence electrons. The molecule has 33 heavy (non-hydrogen) atoms. The summed E-state index contributed by atoms with van der Waals surface area (Å²) < 4.78 is 31.7. The molecule has 2 aromatic rings. The highest BCUT2D eigenvalue weighted by atomic mass is 79.9. The number of hydrogen-bond acceptors (Lipinski definition) is 7. The molecule has 0 radical (unpaired) electrons. The van der Waals surface area contributed by atoms with Crippen molar-refractivity contribution in [1.29, 1.82) is 5.41 Å². The van der Waals surface area contributed by atoms with E-state index in [2.05, 4.69) is 26.0 Å². The van der Waals surface area contributed by atoms with Crippen LogP contribution in [0.25, 0.3) is 6.08 Å². The largest absolute Gasteiger partial charge is 0.378 e. The molecule has 11 heteroatoms. The van der Waals surface area contributed by atoms with Gasteiger partial charge in [-0.3, -0.25) is 10.2 Å². The molecule has 8 nitrogen and oxygen atoms in total. The maximum absolute atomic E-state index is 12.8. The Bertz CT molecular complexity index is 1350. The first kappa shape index (κ1) is 23.4. The number of benzene rings is 2. The van der Waals surface area contributed by atoms with Gasteiger partial charge in [0.15, 0.2) is 5.84 Å². The molecule has 1 amide bonds. The number of fused-ring (bicyclic) bond motifs is 1. The standard InChI is InChI=1S/C22H19BrN4O4S2/c1-3-4-19-26-27-20(24)17(21(28)25-22(27)32-19)12-14-11-15(23)7-10-18(14)31-33(29,30)16-8-5-13(2)6-9-16/h5-12,24H,3-4H2,1-2H3. The van der Waals surface area contributed by atoms with Crippen LogP contribution >= 0.6 is 27.7 Å². The van der Waals surface area contributed by atoms with Crippen LogP contribution in [-0.2, 0) is 14.9 Å². The Balaban J connectivity index is 1.70. The number of rotatable bonds is 6. The number of amides is 1. The van der Waals surface area contributed by atoms with Crippen molar-refractivity contribution in [3.8, 4) is 5.75 Å². The van der Waals surface area contributed by atoms with E-state index in [1.165, 1.54) is 41.0 Å². The van der Waals surface area contributed by atoms with Crippen LogP contribution < -0.4 is 4.18 Å². The second-order valence-electron chi connectivity index (χ2n) is 7.30. The number of halogens is 1. The topological polar surface area (TPSA) is 112 Å². The molecule has 2 aliphatic heterocycles. The number of carbonyl (C=O) groups excluding carboxylic acids is 1. The third kappa shape index (κ3) is 4.94. The second kappa shape index (κ2) is 9.24. The number of hydrogen-bond donors (Lipinski definition) is 1. The lowest BCUT2D eigenvalue weighted by Gasteiger charge is -2.20. The summed E-state index contributed by atoms with van der Waals surface area (Å²) in [4.78, 5) is 16.8. The average Bonchev–Trinajstić information content (AvgIpc) is 3.16. The van der Waals surface area contributed by atoms with Gasteiger partial charge in [-0.2, -0.15) is 23.5 Å². The van der Waals surface area contributed by atoms with Crippen molar-refractivity contribution >= 4 is 65.8 Å². The van der Waals surface area contributed by atoms with E-state index in [0.29, 0.717) is 15.2 Å². The number of amidine groups is 2. The summed E-state index contributed by atoms with van der Waals surface area (Å²) in [6.45, 7) is 3.87. The van der Waals surface area contributed by atoms with Gasteiger partial charge in [-0.1, -0.05) is 40.5 Å². The molecule has 4 rings (SSSR count). The van der Waals surface area contributed by atoms with Gasteiger partial charge in [0.1, 0.15) is 15.7 Å². The third-order valence-corrected chi connectivity index (χ3v) is 7.45. The van der Waals surface area contributed by atoms with Crippen LogP contribution in [0.2, 0.25) is 0 Å². The fraction of sp³-hybridized carbons (Fsp3) is 0.182. The summed E-state index contributed by atoms with van der Waals surface area (Å²) in [6.07, 6.45) is 3.00. The molecule has 2 heterocycles. The Morgan fingerprint density at radius 3 is 2.64 bits per heavy atom. The molecule has 0 saturated carbocycles. The molecule has 0 aromatic heterocycles. The molecule has 0 fully saturated rings.